The van der Waals surface area contributed by atoms with Crippen molar-refractivity contribution in [1.29, 1.82) is 5.26 Å². The van der Waals surface area contributed by atoms with Crippen LogP contribution in [0.4, 0.5) is 5.00 Å². The molecule has 7 rings (SSSR count). The number of aryl methyl sites for hydroxylation is 1. The van der Waals surface area contributed by atoms with Crippen molar-refractivity contribution in [2.45, 2.75) is 75.9 Å². The topological polar surface area (TPSA) is 136 Å². The Balaban J connectivity index is 1.30. The number of ether oxygens (including phenoxy) is 2. The van der Waals surface area contributed by atoms with E-state index >= 15 is 0 Å². The van der Waals surface area contributed by atoms with Crippen LogP contribution in [0, 0.1) is 11.3 Å². The number of thiophene rings is 1. The van der Waals surface area contributed by atoms with Crippen molar-refractivity contribution in [3.8, 4) is 34.5 Å². The van der Waals surface area contributed by atoms with E-state index in [0.29, 0.717) is 45.1 Å². The van der Waals surface area contributed by atoms with Gasteiger partial charge in [-0.15, -0.1) is 11.3 Å². The van der Waals surface area contributed by atoms with Gasteiger partial charge in [0.25, 0.3) is 5.19 Å². The number of rotatable bonds is 6. The zero-order valence-corrected chi connectivity index (χ0v) is 24.7. The summed E-state index contributed by atoms with van der Waals surface area (Å²) in [6.07, 6.45) is 9.29. The lowest BCUT2D eigenvalue weighted by molar-refractivity contribution is 0.116. The minimum Gasteiger partial charge on any atom is -0.473 e. The summed E-state index contributed by atoms with van der Waals surface area (Å²) < 4.78 is 18.6. The molecule has 2 aliphatic carbocycles. The number of anilines is 1. The lowest BCUT2D eigenvalue weighted by atomic mass is 9.63. The van der Waals surface area contributed by atoms with Crippen LogP contribution in [-0.4, -0.2) is 50.7 Å². The molecule has 0 unspecified atom stereocenters. The normalized spacial score (nSPS) is 22.7. The van der Waals surface area contributed by atoms with Gasteiger partial charge in [-0.3, -0.25) is 4.90 Å². The molecule has 12 heteroatoms. The van der Waals surface area contributed by atoms with Crippen LogP contribution in [0.1, 0.15) is 72.8 Å². The van der Waals surface area contributed by atoms with E-state index in [2.05, 4.69) is 35.1 Å². The molecule has 3 atom stereocenters. The molecule has 0 radical (unpaired) electrons. The van der Waals surface area contributed by atoms with Gasteiger partial charge in [-0.25, -0.2) is 4.98 Å². The number of nitrogen functional groups attached to an aromatic ring is 1. The van der Waals surface area contributed by atoms with Crippen molar-refractivity contribution in [2.75, 3.05) is 19.3 Å². The Kier molecular flexibility index (Phi) is 6.68. The van der Waals surface area contributed by atoms with Gasteiger partial charge in [0.15, 0.2) is 17.3 Å². The Morgan fingerprint density at radius 2 is 2.05 bits per heavy atom. The Morgan fingerprint density at radius 3 is 2.80 bits per heavy atom. The Bertz CT molecular complexity index is 1620. The van der Waals surface area contributed by atoms with Gasteiger partial charge < -0.3 is 19.7 Å². The molecule has 1 spiro atoms. The second-order valence-corrected chi connectivity index (χ2v) is 13.2. The molecule has 4 aromatic rings. The van der Waals surface area contributed by atoms with Gasteiger partial charge in [0.1, 0.15) is 17.2 Å². The van der Waals surface area contributed by atoms with E-state index in [-0.39, 0.29) is 6.10 Å². The van der Waals surface area contributed by atoms with Crippen LogP contribution >= 0.6 is 22.7 Å². The highest BCUT2D eigenvalue weighted by molar-refractivity contribution is 7.16. The highest BCUT2D eigenvalue weighted by Gasteiger charge is 2.48. The van der Waals surface area contributed by atoms with Crippen molar-refractivity contribution in [3.05, 3.63) is 45.0 Å². The number of hydrogen-bond donors (Lipinski definition) is 1. The predicted octanol–water partition coefficient (Wildman–Crippen LogP) is 5.72. The smallest absolute Gasteiger partial charge is 0.279 e. The van der Waals surface area contributed by atoms with Crippen LogP contribution in [0.3, 0.4) is 0 Å². The fourth-order valence-corrected chi connectivity index (χ4v) is 8.64. The lowest BCUT2D eigenvalue weighted by Gasteiger charge is -2.39. The van der Waals surface area contributed by atoms with Crippen molar-refractivity contribution in [1.82, 2.24) is 25.0 Å². The quantitative estimate of drug-likeness (QED) is 0.297. The predicted molar refractivity (Wildman–Crippen MR) is 156 cm³/mol. The van der Waals surface area contributed by atoms with Crippen LogP contribution in [0.5, 0.6) is 17.0 Å². The standard InChI is InChI=1S/C29H31N7O3S2/c1-16(19-7-5-12-36(19)2)37-21-14-22(38-28-32-11-13-40-28)34-27(33-21)24-17-6-3-9-29(25(17)39-35-24)10-4-8-20-23(29)18(15-30)26(31)41-20/h11,13-14,16,19H,3-10,12,31H2,1-2H3/t16-,19-,29-/m0/s1. The average molecular weight is 590 g/mol. The molecular weight excluding hydrogens is 558 g/mol. The number of thiazole rings is 1. The number of nitrogens with zero attached hydrogens (tertiary/aromatic N) is 6. The SMILES string of the molecule is C[C@H](Oc1cc(Oc2nccs2)nc(-c2noc3c2CCC[C@@]32CCCc3sc(N)c(C#N)c32)n1)[C@@H]1CCCN1C. The number of nitriles is 1. The molecule has 212 valence electrons. The third kappa shape index (κ3) is 4.47. The number of fused-ring (bicyclic) bond motifs is 4. The average Bonchev–Trinajstić information content (AvgIpc) is 3.76. The summed E-state index contributed by atoms with van der Waals surface area (Å²) in [6.45, 7) is 3.14. The van der Waals surface area contributed by atoms with Crippen molar-refractivity contribution in [2.24, 2.45) is 0 Å². The Hall–Kier alpha value is -3.53. The van der Waals surface area contributed by atoms with E-state index < -0.39 is 5.41 Å². The summed E-state index contributed by atoms with van der Waals surface area (Å²) >= 11 is 2.92. The third-order valence-corrected chi connectivity index (χ3v) is 10.5. The zero-order chi connectivity index (χ0) is 28.1. The fraction of sp³-hybridized carbons (Fsp3) is 0.483. The summed E-state index contributed by atoms with van der Waals surface area (Å²) in [5.41, 5.74) is 9.10. The highest BCUT2D eigenvalue weighted by atomic mass is 32.1. The second kappa shape index (κ2) is 10.4. The van der Waals surface area contributed by atoms with Crippen LogP contribution in [0.25, 0.3) is 11.5 Å². The van der Waals surface area contributed by atoms with Crippen LogP contribution in [0.15, 0.2) is 22.2 Å². The van der Waals surface area contributed by atoms with Gasteiger partial charge in [0.2, 0.25) is 11.8 Å². The molecule has 0 saturated carbocycles. The largest absolute Gasteiger partial charge is 0.473 e. The third-order valence-electron chi connectivity index (χ3n) is 8.78. The van der Waals surface area contributed by atoms with Gasteiger partial charge in [-0.1, -0.05) is 16.5 Å². The number of hydrogen-bond acceptors (Lipinski definition) is 12. The van der Waals surface area contributed by atoms with E-state index in [1.54, 1.807) is 12.3 Å². The van der Waals surface area contributed by atoms with Crippen LogP contribution < -0.4 is 15.2 Å². The van der Waals surface area contributed by atoms with Gasteiger partial charge in [0.05, 0.1) is 17.0 Å². The highest BCUT2D eigenvalue weighted by Crippen LogP contribution is 2.55. The van der Waals surface area contributed by atoms with Crippen LogP contribution in [-0.2, 0) is 18.3 Å². The molecule has 3 aliphatic rings. The first-order valence-electron chi connectivity index (χ1n) is 14.1. The van der Waals surface area contributed by atoms with E-state index in [1.807, 2.05) is 5.38 Å². The number of nitrogens with two attached hydrogens (primary N) is 1. The summed E-state index contributed by atoms with van der Waals surface area (Å²) in [5, 5.41) is 17.5. The minimum absolute atomic E-state index is 0.0680. The van der Waals surface area contributed by atoms with E-state index in [9.17, 15) is 5.26 Å². The molecule has 2 N–H and O–H groups in total. The summed E-state index contributed by atoms with van der Waals surface area (Å²) in [7, 11) is 2.13. The van der Waals surface area contributed by atoms with Gasteiger partial charge in [-0.05, 0) is 77.4 Å². The maximum atomic E-state index is 10.0. The molecule has 1 fully saturated rings. The maximum Gasteiger partial charge on any atom is 0.279 e. The number of likely N-dealkylation sites (tertiary alicyclic amines) is 1. The first kappa shape index (κ1) is 26.4. The summed E-state index contributed by atoms with van der Waals surface area (Å²) in [6, 6.07) is 4.40. The summed E-state index contributed by atoms with van der Waals surface area (Å²) in [5.74, 6) is 1.97. The second-order valence-electron chi connectivity index (χ2n) is 11.2. The lowest BCUT2D eigenvalue weighted by Crippen LogP contribution is -2.38. The molecule has 5 heterocycles. The first-order valence-corrected chi connectivity index (χ1v) is 15.8. The molecular formula is C29H31N7O3S2. The van der Waals surface area contributed by atoms with Crippen LogP contribution in [0.2, 0.25) is 0 Å². The maximum absolute atomic E-state index is 10.0. The molecule has 41 heavy (non-hydrogen) atoms. The summed E-state index contributed by atoms with van der Waals surface area (Å²) in [4.78, 5) is 17.3. The molecule has 1 aliphatic heterocycles. The molecule has 10 nitrogen and oxygen atoms in total. The molecule has 4 aromatic heterocycles. The van der Waals surface area contributed by atoms with E-state index in [0.717, 1.165) is 74.8 Å². The monoisotopic (exact) mass is 589 g/mol. The molecule has 0 aromatic carbocycles. The zero-order valence-electron chi connectivity index (χ0n) is 23.1. The Labute approximate surface area is 246 Å². The molecule has 1 saturated heterocycles. The van der Waals surface area contributed by atoms with Gasteiger partial charge in [0, 0.05) is 28.1 Å². The van der Waals surface area contributed by atoms with E-state index in [4.69, 9.17) is 29.7 Å². The first-order chi connectivity index (χ1) is 20.0. The van der Waals surface area contributed by atoms with Crippen molar-refractivity contribution < 1.29 is 14.0 Å². The van der Waals surface area contributed by atoms with Crippen molar-refractivity contribution in [3.63, 3.8) is 0 Å². The Morgan fingerprint density at radius 1 is 1.22 bits per heavy atom. The van der Waals surface area contributed by atoms with Gasteiger partial charge >= 0.3 is 0 Å². The molecule has 0 bridgehead atoms. The molecule has 0 amide bonds. The van der Waals surface area contributed by atoms with Crippen molar-refractivity contribution >= 4 is 27.7 Å². The van der Waals surface area contributed by atoms with E-state index in [1.165, 1.54) is 27.6 Å². The number of aromatic nitrogens is 4. The van der Waals surface area contributed by atoms with Gasteiger partial charge in [-0.2, -0.15) is 15.2 Å². The minimum atomic E-state index is -0.415. The number of likely N-dealkylation sites (N-methyl/N-ethyl adjacent to an activating group) is 1. The fourth-order valence-electron chi connectivity index (χ4n) is 6.99.